The monoisotopic (exact) mass is 413 g/mol. The first-order valence-corrected chi connectivity index (χ1v) is 9.60. The van der Waals surface area contributed by atoms with Gasteiger partial charge >= 0.3 is 6.03 Å². The van der Waals surface area contributed by atoms with Crippen LogP contribution in [0.25, 0.3) is 0 Å². The number of halogens is 1. The Bertz CT molecular complexity index is 946. The van der Waals surface area contributed by atoms with E-state index in [9.17, 15) is 18.8 Å². The van der Waals surface area contributed by atoms with Gasteiger partial charge in [-0.2, -0.15) is 0 Å². The van der Waals surface area contributed by atoms with Crippen molar-refractivity contribution >= 4 is 17.8 Å². The zero-order valence-corrected chi connectivity index (χ0v) is 17.1. The number of carbonyl (C=O) groups excluding carboxylic acids is 3. The molecule has 3 rings (SSSR count). The fourth-order valence-electron chi connectivity index (χ4n) is 3.30. The smallest absolute Gasteiger partial charge is 0.325 e. The van der Waals surface area contributed by atoms with E-state index < -0.39 is 23.3 Å². The van der Waals surface area contributed by atoms with Crippen molar-refractivity contribution < 1.29 is 23.5 Å². The Morgan fingerprint density at radius 2 is 1.77 bits per heavy atom. The number of benzene rings is 2. The number of hydrogen-bond donors (Lipinski definition) is 1. The molecule has 0 bridgehead atoms. The molecular formula is C22H24FN3O4. The van der Waals surface area contributed by atoms with Crippen molar-refractivity contribution in [3.8, 4) is 5.75 Å². The lowest BCUT2D eigenvalue weighted by Crippen LogP contribution is -2.43. The van der Waals surface area contributed by atoms with Crippen LogP contribution in [-0.4, -0.2) is 47.8 Å². The van der Waals surface area contributed by atoms with E-state index in [-0.39, 0.29) is 12.5 Å². The summed E-state index contributed by atoms with van der Waals surface area (Å²) >= 11 is 0. The molecule has 1 N–H and O–H groups in total. The second-order valence-corrected chi connectivity index (χ2v) is 7.28. The maximum Gasteiger partial charge on any atom is 0.325 e. The van der Waals surface area contributed by atoms with E-state index in [4.69, 9.17) is 4.74 Å². The zero-order valence-electron chi connectivity index (χ0n) is 17.1. The molecule has 1 unspecified atom stereocenters. The Hall–Kier alpha value is -3.42. The number of amides is 4. The Balaban J connectivity index is 1.66. The van der Waals surface area contributed by atoms with E-state index >= 15 is 0 Å². The van der Waals surface area contributed by atoms with E-state index in [1.165, 1.54) is 36.1 Å². The Morgan fingerprint density at radius 3 is 2.37 bits per heavy atom. The SMILES string of the molecule is CCOc1ccc(CN(C)C(=O)CN2C(=O)NC(C)(c3ccc(F)cc3)C2=O)cc1. The maximum absolute atomic E-state index is 13.2. The third-order valence-electron chi connectivity index (χ3n) is 5.07. The molecule has 1 fully saturated rings. The molecule has 158 valence electrons. The highest BCUT2D eigenvalue weighted by Crippen LogP contribution is 2.29. The first-order valence-electron chi connectivity index (χ1n) is 9.60. The van der Waals surface area contributed by atoms with Crippen molar-refractivity contribution in [2.24, 2.45) is 0 Å². The van der Waals surface area contributed by atoms with Crippen molar-refractivity contribution in [3.05, 3.63) is 65.5 Å². The fourth-order valence-corrected chi connectivity index (χ4v) is 3.30. The zero-order chi connectivity index (χ0) is 21.9. The third kappa shape index (κ3) is 4.27. The number of carbonyl (C=O) groups is 3. The lowest BCUT2D eigenvalue weighted by Gasteiger charge is -2.23. The van der Waals surface area contributed by atoms with Crippen LogP contribution in [0.3, 0.4) is 0 Å². The van der Waals surface area contributed by atoms with Gasteiger partial charge in [0.25, 0.3) is 5.91 Å². The predicted molar refractivity (Wildman–Crippen MR) is 108 cm³/mol. The molecule has 0 radical (unpaired) electrons. The molecule has 8 heteroatoms. The normalized spacial score (nSPS) is 18.3. The van der Waals surface area contributed by atoms with Gasteiger partial charge in [0.05, 0.1) is 6.61 Å². The molecule has 1 aliphatic rings. The van der Waals surface area contributed by atoms with Gasteiger partial charge in [0.2, 0.25) is 5.91 Å². The highest BCUT2D eigenvalue weighted by Gasteiger charge is 2.49. The van der Waals surface area contributed by atoms with E-state index in [1.807, 2.05) is 31.2 Å². The minimum atomic E-state index is -1.35. The second-order valence-electron chi connectivity index (χ2n) is 7.28. The number of likely N-dealkylation sites (N-methyl/N-ethyl adjacent to an activating group) is 1. The number of ether oxygens (including phenoxy) is 1. The summed E-state index contributed by atoms with van der Waals surface area (Å²) in [5.41, 5.74) is -0.0127. The third-order valence-corrected chi connectivity index (χ3v) is 5.07. The number of hydrogen-bond acceptors (Lipinski definition) is 4. The Labute approximate surface area is 174 Å². The molecule has 1 aliphatic heterocycles. The van der Waals surface area contributed by atoms with Crippen molar-refractivity contribution in [2.75, 3.05) is 20.2 Å². The molecule has 4 amide bonds. The highest BCUT2D eigenvalue weighted by atomic mass is 19.1. The predicted octanol–water partition coefficient (Wildman–Crippen LogP) is 2.65. The van der Waals surface area contributed by atoms with Gasteiger partial charge in [-0.3, -0.25) is 14.5 Å². The molecule has 0 saturated carbocycles. The number of nitrogens with zero attached hydrogens (tertiary/aromatic N) is 2. The number of urea groups is 1. The van der Waals surface area contributed by atoms with Crippen LogP contribution in [0.15, 0.2) is 48.5 Å². The summed E-state index contributed by atoms with van der Waals surface area (Å²) in [6.45, 7) is 3.95. The van der Waals surface area contributed by atoms with Crippen LogP contribution >= 0.6 is 0 Å². The minimum Gasteiger partial charge on any atom is -0.494 e. The summed E-state index contributed by atoms with van der Waals surface area (Å²) in [5, 5.41) is 2.61. The summed E-state index contributed by atoms with van der Waals surface area (Å²) in [6, 6.07) is 12.0. The summed E-state index contributed by atoms with van der Waals surface area (Å²) < 4.78 is 18.6. The average molecular weight is 413 g/mol. The van der Waals surface area contributed by atoms with E-state index in [2.05, 4.69) is 5.32 Å². The fraction of sp³-hybridized carbons (Fsp3) is 0.318. The molecular weight excluding hydrogens is 389 g/mol. The molecule has 2 aromatic rings. The maximum atomic E-state index is 13.2. The molecule has 1 saturated heterocycles. The lowest BCUT2D eigenvalue weighted by atomic mass is 9.92. The van der Waals surface area contributed by atoms with Crippen LogP contribution in [-0.2, 0) is 21.7 Å². The first-order chi connectivity index (χ1) is 14.2. The standard InChI is InChI=1S/C22H24FN3O4/c1-4-30-18-11-5-15(6-12-18)13-25(3)19(27)14-26-20(28)22(2,24-21(26)29)16-7-9-17(23)10-8-16/h5-12H,4,13-14H2,1-3H3,(H,24,29). The molecule has 0 aliphatic carbocycles. The molecule has 0 aromatic heterocycles. The van der Waals surface area contributed by atoms with Gasteiger partial charge in [0, 0.05) is 13.6 Å². The second kappa shape index (κ2) is 8.52. The van der Waals surface area contributed by atoms with Crippen LogP contribution in [0, 0.1) is 5.82 Å². The van der Waals surface area contributed by atoms with Crippen molar-refractivity contribution in [3.63, 3.8) is 0 Å². The molecule has 0 spiro atoms. The molecule has 1 heterocycles. The van der Waals surface area contributed by atoms with Crippen LogP contribution < -0.4 is 10.1 Å². The molecule has 30 heavy (non-hydrogen) atoms. The highest BCUT2D eigenvalue weighted by molar-refractivity contribution is 6.09. The van der Waals surface area contributed by atoms with Crippen LogP contribution in [0.5, 0.6) is 5.75 Å². The van der Waals surface area contributed by atoms with Crippen LogP contribution in [0.4, 0.5) is 9.18 Å². The minimum absolute atomic E-state index is 0.324. The van der Waals surface area contributed by atoms with Crippen LogP contribution in [0.2, 0.25) is 0 Å². The first kappa shape index (κ1) is 21.3. The van der Waals surface area contributed by atoms with Crippen molar-refractivity contribution in [1.29, 1.82) is 0 Å². The van der Waals surface area contributed by atoms with Gasteiger partial charge < -0.3 is 15.0 Å². The van der Waals surface area contributed by atoms with E-state index in [0.717, 1.165) is 16.2 Å². The van der Waals surface area contributed by atoms with Gasteiger partial charge in [0.1, 0.15) is 23.7 Å². The lowest BCUT2D eigenvalue weighted by molar-refractivity contribution is -0.138. The Morgan fingerprint density at radius 1 is 1.13 bits per heavy atom. The van der Waals surface area contributed by atoms with Gasteiger partial charge in [-0.15, -0.1) is 0 Å². The number of nitrogens with one attached hydrogen (secondary N) is 1. The number of imide groups is 1. The van der Waals surface area contributed by atoms with E-state index in [1.54, 1.807) is 7.05 Å². The Kier molecular flexibility index (Phi) is 6.05. The van der Waals surface area contributed by atoms with Crippen LogP contribution in [0.1, 0.15) is 25.0 Å². The summed E-state index contributed by atoms with van der Waals surface area (Å²) in [6.07, 6.45) is 0. The largest absolute Gasteiger partial charge is 0.494 e. The quantitative estimate of drug-likeness (QED) is 0.708. The molecule has 1 atom stereocenters. The topological polar surface area (TPSA) is 79.0 Å². The van der Waals surface area contributed by atoms with Crippen molar-refractivity contribution in [2.45, 2.75) is 25.9 Å². The van der Waals surface area contributed by atoms with Gasteiger partial charge in [-0.1, -0.05) is 24.3 Å². The van der Waals surface area contributed by atoms with Crippen molar-refractivity contribution in [1.82, 2.24) is 15.1 Å². The van der Waals surface area contributed by atoms with E-state index in [0.29, 0.717) is 18.7 Å². The van der Waals surface area contributed by atoms with Gasteiger partial charge in [-0.25, -0.2) is 9.18 Å². The molecule has 7 nitrogen and oxygen atoms in total. The molecule has 2 aromatic carbocycles. The summed E-state index contributed by atoms with van der Waals surface area (Å²) in [5.74, 6) is -0.630. The van der Waals surface area contributed by atoms with Gasteiger partial charge in [-0.05, 0) is 49.2 Å². The average Bonchev–Trinajstić information content (AvgIpc) is 2.94. The summed E-state index contributed by atoms with van der Waals surface area (Å²) in [7, 11) is 1.61. The summed E-state index contributed by atoms with van der Waals surface area (Å²) in [4.78, 5) is 40.3. The van der Waals surface area contributed by atoms with Gasteiger partial charge in [0.15, 0.2) is 0 Å². The number of rotatable bonds is 7.